The number of nitrogens with one attached hydrogen (secondary N) is 2. The molecule has 0 saturated heterocycles. The van der Waals surface area contributed by atoms with Crippen LogP contribution in [0.1, 0.15) is 33.0 Å². The van der Waals surface area contributed by atoms with Crippen LogP contribution in [0.25, 0.3) is 10.2 Å². The molecule has 0 atom stereocenters. The molecule has 4 aromatic rings. The van der Waals surface area contributed by atoms with Crippen LogP contribution in [0.3, 0.4) is 0 Å². The van der Waals surface area contributed by atoms with E-state index >= 15 is 0 Å². The maximum Gasteiger partial charge on any atom is 0.261 e. The Morgan fingerprint density at radius 3 is 2.79 bits per heavy atom. The van der Waals surface area contributed by atoms with Gasteiger partial charge in [0.2, 0.25) is 0 Å². The predicted molar refractivity (Wildman–Crippen MR) is 115 cm³/mol. The second-order valence-corrected chi connectivity index (χ2v) is 7.74. The number of fused-ring (bicyclic) bond motifs is 1. The summed E-state index contributed by atoms with van der Waals surface area (Å²) in [6.07, 6.45) is 5.00. The van der Waals surface area contributed by atoms with Crippen molar-refractivity contribution in [2.24, 2.45) is 0 Å². The molecule has 0 aliphatic rings. The third-order valence-corrected chi connectivity index (χ3v) is 5.91. The molecule has 0 radical (unpaired) electrons. The fraction of sp³-hybridized carbons (Fsp3) is 0.227. The maximum absolute atomic E-state index is 12.7. The van der Waals surface area contributed by atoms with Crippen LogP contribution >= 0.6 is 11.3 Å². The number of benzene rings is 1. The van der Waals surface area contributed by atoms with Crippen LogP contribution in [0, 0.1) is 6.92 Å². The Hall–Kier alpha value is -3.19. The molecule has 3 heterocycles. The summed E-state index contributed by atoms with van der Waals surface area (Å²) < 4.78 is 5.36. The summed E-state index contributed by atoms with van der Waals surface area (Å²) >= 11 is 1.40. The van der Waals surface area contributed by atoms with Gasteiger partial charge < -0.3 is 15.1 Å². The second kappa shape index (κ2) is 8.87. The molecule has 1 aromatic carbocycles. The van der Waals surface area contributed by atoms with Crippen molar-refractivity contribution in [1.29, 1.82) is 0 Å². The Labute approximate surface area is 173 Å². The van der Waals surface area contributed by atoms with Crippen molar-refractivity contribution in [1.82, 2.24) is 15.3 Å². The van der Waals surface area contributed by atoms with E-state index in [4.69, 9.17) is 4.42 Å². The first-order chi connectivity index (χ1) is 14.2. The van der Waals surface area contributed by atoms with Crippen LogP contribution in [-0.2, 0) is 13.0 Å². The molecule has 1 amide bonds. The number of thiophene rings is 1. The van der Waals surface area contributed by atoms with Crippen LogP contribution in [0.4, 0.5) is 5.82 Å². The van der Waals surface area contributed by atoms with Gasteiger partial charge in [-0.05, 0) is 43.0 Å². The number of furan rings is 1. The number of carbonyl (C=O) groups is 1. The fourth-order valence-corrected chi connectivity index (χ4v) is 4.29. The zero-order valence-electron chi connectivity index (χ0n) is 16.1. The number of carbonyl (C=O) groups excluding carboxylic acids is 1. The molecule has 6 nitrogen and oxygen atoms in total. The van der Waals surface area contributed by atoms with Crippen molar-refractivity contribution in [3.63, 3.8) is 0 Å². The highest BCUT2D eigenvalue weighted by molar-refractivity contribution is 7.20. The topological polar surface area (TPSA) is 80.0 Å². The van der Waals surface area contributed by atoms with Gasteiger partial charge in [-0.3, -0.25) is 4.79 Å². The number of rotatable bonds is 8. The van der Waals surface area contributed by atoms with Crippen LogP contribution < -0.4 is 10.6 Å². The Kier molecular flexibility index (Phi) is 5.86. The summed E-state index contributed by atoms with van der Waals surface area (Å²) in [6.45, 7) is 3.10. The third-order valence-electron chi connectivity index (χ3n) is 4.71. The van der Waals surface area contributed by atoms with E-state index in [0.717, 1.165) is 34.4 Å². The molecule has 4 rings (SSSR count). The van der Waals surface area contributed by atoms with Crippen molar-refractivity contribution in [3.05, 3.63) is 76.8 Å². The third kappa shape index (κ3) is 4.46. The average Bonchev–Trinajstić information content (AvgIpc) is 3.39. The van der Waals surface area contributed by atoms with Gasteiger partial charge in [0, 0.05) is 6.54 Å². The van der Waals surface area contributed by atoms with E-state index in [1.807, 2.05) is 37.3 Å². The van der Waals surface area contributed by atoms with Crippen molar-refractivity contribution < 1.29 is 9.21 Å². The Morgan fingerprint density at radius 2 is 2.00 bits per heavy atom. The van der Waals surface area contributed by atoms with Crippen molar-refractivity contribution in [2.45, 2.75) is 26.3 Å². The molecule has 29 heavy (non-hydrogen) atoms. The largest absolute Gasteiger partial charge is 0.467 e. The minimum absolute atomic E-state index is 0.0597. The van der Waals surface area contributed by atoms with Gasteiger partial charge in [-0.15, -0.1) is 11.3 Å². The molecule has 0 fully saturated rings. The molecule has 2 N–H and O–H groups in total. The smallest absolute Gasteiger partial charge is 0.261 e. The van der Waals surface area contributed by atoms with Gasteiger partial charge in [-0.1, -0.05) is 30.3 Å². The Morgan fingerprint density at radius 1 is 1.14 bits per heavy atom. The highest BCUT2D eigenvalue weighted by Gasteiger charge is 2.19. The maximum atomic E-state index is 12.7. The van der Waals surface area contributed by atoms with E-state index in [2.05, 4.69) is 32.7 Å². The van der Waals surface area contributed by atoms with Gasteiger partial charge in [0.1, 0.15) is 22.7 Å². The van der Waals surface area contributed by atoms with E-state index in [9.17, 15) is 4.79 Å². The van der Waals surface area contributed by atoms with Crippen LogP contribution in [0.2, 0.25) is 0 Å². The van der Waals surface area contributed by atoms with E-state index in [0.29, 0.717) is 23.8 Å². The summed E-state index contributed by atoms with van der Waals surface area (Å²) in [5, 5.41) is 7.20. The number of nitrogens with zero attached hydrogens (tertiary/aromatic N) is 2. The lowest BCUT2D eigenvalue weighted by Crippen LogP contribution is -2.24. The molecule has 0 saturated carbocycles. The van der Waals surface area contributed by atoms with Gasteiger partial charge in [0.05, 0.1) is 23.1 Å². The lowest BCUT2D eigenvalue weighted by Gasteiger charge is -2.06. The average molecular weight is 407 g/mol. The lowest BCUT2D eigenvalue weighted by molar-refractivity contribution is 0.0957. The molecule has 0 aliphatic carbocycles. The first kappa shape index (κ1) is 19.1. The van der Waals surface area contributed by atoms with Gasteiger partial charge in [-0.2, -0.15) is 0 Å². The molecule has 148 valence electrons. The highest BCUT2D eigenvalue weighted by atomic mass is 32.1. The molecule has 0 bridgehead atoms. The minimum Gasteiger partial charge on any atom is -0.467 e. The lowest BCUT2D eigenvalue weighted by atomic mass is 10.1. The molecular weight excluding hydrogens is 384 g/mol. The zero-order chi connectivity index (χ0) is 20.1. The molecular formula is C22H22N4O2S. The number of aryl methyl sites for hydroxylation is 2. The first-order valence-corrected chi connectivity index (χ1v) is 10.4. The van der Waals surface area contributed by atoms with Gasteiger partial charge in [0.25, 0.3) is 5.91 Å². The summed E-state index contributed by atoms with van der Waals surface area (Å²) in [6, 6.07) is 14.0. The predicted octanol–water partition coefficient (Wildman–Crippen LogP) is 4.57. The molecule has 0 spiro atoms. The minimum atomic E-state index is -0.0597. The second-order valence-electron chi connectivity index (χ2n) is 6.74. The number of amides is 1. The SMILES string of the molecule is Cc1c(C(=O)NCCCc2ccccc2)sc2ncnc(NCc3ccco3)c12. The van der Waals surface area contributed by atoms with E-state index < -0.39 is 0 Å². The van der Waals surface area contributed by atoms with Crippen molar-refractivity contribution in [2.75, 3.05) is 11.9 Å². The first-order valence-electron chi connectivity index (χ1n) is 9.55. The molecule has 0 unspecified atom stereocenters. The van der Waals surface area contributed by atoms with Crippen molar-refractivity contribution in [3.8, 4) is 0 Å². The summed E-state index contributed by atoms with van der Waals surface area (Å²) in [5.41, 5.74) is 2.18. The number of hydrogen-bond acceptors (Lipinski definition) is 6. The van der Waals surface area contributed by atoms with Crippen molar-refractivity contribution >= 4 is 33.3 Å². The van der Waals surface area contributed by atoms with E-state index in [1.54, 1.807) is 6.26 Å². The molecule has 7 heteroatoms. The Balaban J connectivity index is 1.42. The number of hydrogen-bond donors (Lipinski definition) is 2. The Bertz CT molecular complexity index is 1090. The number of anilines is 1. The normalized spacial score (nSPS) is 10.9. The van der Waals surface area contributed by atoms with E-state index in [1.165, 1.54) is 23.2 Å². The van der Waals surface area contributed by atoms with E-state index in [-0.39, 0.29) is 5.91 Å². The molecule has 0 aliphatic heterocycles. The van der Waals surface area contributed by atoms with Crippen LogP contribution in [-0.4, -0.2) is 22.4 Å². The quantitative estimate of drug-likeness (QED) is 0.419. The zero-order valence-corrected chi connectivity index (χ0v) is 17.0. The summed E-state index contributed by atoms with van der Waals surface area (Å²) in [4.78, 5) is 22.9. The molecule has 3 aromatic heterocycles. The summed E-state index contributed by atoms with van der Waals surface area (Å²) in [7, 11) is 0. The number of aromatic nitrogens is 2. The summed E-state index contributed by atoms with van der Waals surface area (Å²) in [5.74, 6) is 1.47. The van der Waals surface area contributed by atoms with Crippen LogP contribution in [0.15, 0.2) is 59.5 Å². The van der Waals surface area contributed by atoms with Gasteiger partial charge in [-0.25, -0.2) is 9.97 Å². The van der Waals surface area contributed by atoms with Crippen LogP contribution in [0.5, 0.6) is 0 Å². The highest BCUT2D eigenvalue weighted by Crippen LogP contribution is 2.33. The van der Waals surface area contributed by atoms with Gasteiger partial charge in [0.15, 0.2) is 0 Å². The monoisotopic (exact) mass is 406 g/mol. The van der Waals surface area contributed by atoms with Gasteiger partial charge >= 0.3 is 0 Å². The fourth-order valence-electron chi connectivity index (χ4n) is 3.23. The standard InChI is InChI=1S/C22H22N4O2S/c1-15-18-20(24-13-17-10-6-12-28-17)25-14-26-22(18)29-19(15)21(27)23-11-5-9-16-7-3-2-4-8-16/h2-4,6-8,10,12,14H,5,9,11,13H2,1H3,(H,23,27)(H,24,25,26).